The normalized spacial score (nSPS) is 12.3. The van der Waals surface area contributed by atoms with Gasteiger partial charge in [0.2, 0.25) is 10.0 Å². The minimum atomic E-state index is -3.77. The van der Waals surface area contributed by atoms with Gasteiger partial charge in [0.05, 0.1) is 16.2 Å². The van der Waals surface area contributed by atoms with Crippen molar-refractivity contribution in [3.05, 3.63) is 48.3 Å². The molecule has 0 amide bonds. The Morgan fingerprint density at radius 2 is 1.96 bits per heavy atom. The largest absolute Gasteiger partial charge is 0.389 e. The van der Waals surface area contributed by atoms with Crippen LogP contribution in [0.1, 0.15) is 19.4 Å². The number of nitrogen functional groups attached to an aromatic ring is 1. The molecule has 0 spiro atoms. The predicted octanol–water partition coefficient (Wildman–Crippen LogP) is 2.08. The van der Waals surface area contributed by atoms with E-state index in [9.17, 15) is 13.5 Å². The third kappa shape index (κ3) is 4.38. The van der Waals surface area contributed by atoms with E-state index in [-0.39, 0.29) is 11.4 Å². The van der Waals surface area contributed by atoms with Crippen LogP contribution in [0, 0.1) is 6.92 Å². The number of nitrogens with zero attached hydrogens (tertiary/aromatic N) is 2. The second-order valence-electron chi connectivity index (χ2n) is 7.24. The van der Waals surface area contributed by atoms with Crippen LogP contribution in [0.25, 0.3) is 22.4 Å². The molecule has 0 unspecified atom stereocenters. The van der Waals surface area contributed by atoms with Crippen molar-refractivity contribution in [2.24, 2.45) is 0 Å². The van der Waals surface area contributed by atoms with E-state index < -0.39 is 15.6 Å². The number of hydrogen-bond donors (Lipinski definition) is 4. The molecule has 2 aromatic heterocycles. The highest BCUT2D eigenvalue weighted by atomic mass is 32.2. The minimum Gasteiger partial charge on any atom is -0.389 e. The number of pyridine rings is 1. The van der Waals surface area contributed by atoms with Crippen molar-refractivity contribution in [3.63, 3.8) is 0 Å². The van der Waals surface area contributed by atoms with Gasteiger partial charge in [0, 0.05) is 30.1 Å². The number of nitrogens with one attached hydrogen (secondary N) is 2. The van der Waals surface area contributed by atoms with Gasteiger partial charge < -0.3 is 10.8 Å². The van der Waals surface area contributed by atoms with E-state index in [0.29, 0.717) is 11.4 Å². The second kappa shape index (κ2) is 7.34. The van der Waals surface area contributed by atoms with Crippen LogP contribution < -0.4 is 10.5 Å². The quantitative estimate of drug-likeness (QED) is 0.500. The average molecular weight is 401 g/mol. The zero-order valence-corrected chi connectivity index (χ0v) is 16.7. The molecule has 2 heterocycles. The van der Waals surface area contributed by atoms with Crippen molar-refractivity contribution in [3.8, 4) is 22.4 Å². The first kappa shape index (κ1) is 20.0. The summed E-state index contributed by atoms with van der Waals surface area (Å²) < 4.78 is 27.7. The van der Waals surface area contributed by atoms with E-state index in [1.807, 2.05) is 13.0 Å². The summed E-state index contributed by atoms with van der Waals surface area (Å²) in [6.07, 6.45) is 3.23. The lowest BCUT2D eigenvalue weighted by Gasteiger charge is -2.18. The Bertz CT molecular complexity index is 1090. The van der Waals surface area contributed by atoms with Crippen molar-refractivity contribution in [2.45, 2.75) is 31.3 Å². The molecular formula is C19H23N5O3S. The molecule has 28 heavy (non-hydrogen) atoms. The van der Waals surface area contributed by atoms with Gasteiger partial charge in [-0.15, -0.1) is 0 Å². The van der Waals surface area contributed by atoms with Crippen LogP contribution in [0.3, 0.4) is 0 Å². The fourth-order valence-electron chi connectivity index (χ4n) is 2.68. The molecule has 3 aromatic rings. The molecule has 0 aliphatic carbocycles. The molecule has 0 saturated heterocycles. The molecule has 0 bridgehead atoms. The van der Waals surface area contributed by atoms with Gasteiger partial charge in [0.15, 0.2) is 0 Å². The fraction of sp³-hybridized carbons (Fsp3) is 0.263. The number of rotatable bonds is 6. The van der Waals surface area contributed by atoms with Crippen LogP contribution in [0.2, 0.25) is 0 Å². The van der Waals surface area contributed by atoms with Gasteiger partial charge in [-0.1, -0.05) is 6.07 Å². The van der Waals surface area contributed by atoms with Gasteiger partial charge in [-0.3, -0.25) is 5.10 Å². The van der Waals surface area contributed by atoms with Crippen molar-refractivity contribution in [2.75, 3.05) is 12.3 Å². The SMILES string of the molecule is Cc1ccc(S(=O)(=O)NCC(C)(C)O)cc1-c1cnc(N)c(-c2ccn[nH]2)c1. The predicted molar refractivity (Wildman–Crippen MR) is 108 cm³/mol. The van der Waals surface area contributed by atoms with Crippen LogP contribution in [-0.2, 0) is 10.0 Å². The number of aliphatic hydroxyl groups is 1. The summed E-state index contributed by atoms with van der Waals surface area (Å²) in [5, 5.41) is 16.6. The van der Waals surface area contributed by atoms with E-state index in [1.54, 1.807) is 30.6 Å². The number of benzene rings is 1. The average Bonchev–Trinajstić information content (AvgIpc) is 3.15. The number of H-pyrrole nitrogens is 1. The van der Waals surface area contributed by atoms with E-state index in [4.69, 9.17) is 5.73 Å². The van der Waals surface area contributed by atoms with E-state index in [1.165, 1.54) is 19.9 Å². The van der Waals surface area contributed by atoms with Gasteiger partial charge in [-0.05, 0) is 56.2 Å². The summed E-state index contributed by atoms with van der Waals surface area (Å²) in [4.78, 5) is 4.35. The van der Waals surface area contributed by atoms with Crippen LogP contribution in [-0.4, -0.2) is 40.9 Å². The Morgan fingerprint density at radius 1 is 1.21 bits per heavy atom. The smallest absolute Gasteiger partial charge is 0.240 e. The second-order valence-corrected chi connectivity index (χ2v) is 9.01. The maximum absolute atomic E-state index is 12.6. The number of aryl methyl sites for hydroxylation is 1. The zero-order valence-electron chi connectivity index (χ0n) is 15.9. The number of hydrogen-bond acceptors (Lipinski definition) is 6. The molecule has 148 valence electrons. The summed E-state index contributed by atoms with van der Waals surface area (Å²) in [6, 6.07) is 8.49. The van der Waals surface area contributed by atoms with Crippen LogP contribution in [0.4, 0.5) is 5.82 Å². The molecule has 0 aliphatic heterocycles. The maximum atomic E-state index is 12.6. The van der Waals surface area contributed by atoms with Gasteiger partial charge in [0.1, 0.15) is 5.82 Å². The summed E-state index contributed by atoms with van der Waals surface area (Å²) in [5.41, 5.74) is 8.59. The number of sulfonamides is 1. The maximum Gasteiger partial charge on any atom is 0.240 e. The summed E-state index contributed by atoms with van der Waals surface area (Å²) in [7, 11) is -3.77. The molecule has 9 heteroatoms. The molecule has 5 N–H and O–H groups in total. The van der Waals surface area contributed by atoms with Gasteiger partial charge >= 0.3 is 0 Å². The Hall–Kier alpha value is -2.75. The monoisotopic (exact) mass is 401 g/mol. The first-order valence-corrected chi connectivity index (χ1v) is 10.1. The molecule has 0 aliphatic rings. The highest BCUT2D eigenvalue weighted by Crippen LogP contribution is 2.31. The Balaban J connectivity index is 2.02. The topological polar surface area (TPSA) is 134 Å². The Morgan fingerprint density at radius 3 is 2.61 bits per heavy atom. The minimum absolute atomic E-state index is 0.0913. The molecule has 8 nitrogen and oxygen atoms in total. The van der Waals surface area contributed by atoms with Crippen molar-refractivity contribution >= 4 is 15.8 Å². The zero-order chi connectivity index (χ0) is 20.5. The van der Waals surface area contributed by atoms with Gasteiger partial charge in [0.25, 0.3) is 0 Å². The van der Waals surface area contributed by atoms with Gasteiger partial charge in [-0.2, -0.15) is 5.10 Å². The summed E-state index contributed by atoms with van der Waals surface area (Å²) in [6.45, 7) is 4.87. The summed E-state index contributed by atoms with van der Waals surface area (Å²) in [5.74, 6) is 0.348. The van der Waals surface area contributed by atoms with Gasteiger partial charge in [-0.25, -0.2) is 18.1 Å². The first-order valence-electron chi connectivity index (χ1n) is 8.65. The molecular weight excluding hydrogens is 378 g/mol. The molecule has 0 fully saturated rings. The number of nitrogens with two attached hydrogens (primary N) is 1. The number of anilines is 1. The number of aromatic nitrogens is 3. The third-order valence-corrected chi connectivity index (χ3v) is 5.63. The van der Waals surface area contributed by atoms with Crippen LogP contribution in [0.5, 0.6) is 0 Å². The molecule has 0 atom stereocenters. The van der Waals surface area contributed by atoms with E-state index in [0.717, 1.165) is 22.4 Å². The first-order chi connectivity index (χ1) is 13.1. The Kier molecular flexibility index (Phi) is 5.24. The van der Waals surface area contributed by atoms with Crippen molar-refractivity contribution < 1.29 is 13.5 Å². The molecule has 1 aromatic carbocycles. The van der Waals surface area contributed by atoms with Crippen LogP contribution >= 0.6 is 0 Å². The highest BCUT2D eigenvalue weighted by Gasteiger charge is 2.21. The van der Waals surface area contributed by atoms with Crippen LogP contribution in [0.15, 0.2) is 47.6 Å². The third-order valence-electron chi connectivity index (χ3n) is 4.23. The van der Waals surface area contributed by atoms with Crippen molar-refractivity contribution in [1.29, 1.82) is 0 Å². The lowest BCUT2D eigenvalue weighted by Crippen LogP contribution is -2.38. The lowest BCUT2D eigenvalue weighted by molar-refractivity contribution is 0.0857. The highest BCUT2D eigenvalue weighted by molar-refractivity contribution is 7.89. The molecule has 0 saturated carbocycles. The summed E-state index contributed by atoms with van der Waals surface area (Å²) >= 11 is 0. The number of aromatic amines is 1. The molecule has 0 radical (unpaired) electrons. The fourth-order valence-corrected chi connectivity index (χ4v) is 3.91. The Labute approximate surface area is 163 Å². The van der Waals surface area contributed by atoms with Crippen molar-refractivity contribution in [1.82, 2.24) is 19.9 Å². The molecule has 3 rings (SSSR count). The standard InChI is InChI=1S/C19H23N5O3S/c1-12-4-5-14(28(26,27)23-11-19(2,3)25)9-15(12)13-8-16(18(20)21-10-13)17-6-7-22-24-17/h4-10,23,25H,11H2,1-3H3,(H2,20,21)(H,22,24). The lowest BCUT2D eigenvalue weighted by atomic mass is 10.00. The van der Waals surface area contributed by atoms with E-state index >= 15 is 0 Å². The van der Waals surface area contributed by atoms with E-state index in [2.05, 4.69) is 19.9 Å².